The van der Waals surface area contributed by atoms with E-state index in [4.69, 9.17) is 0 Å². The van der Waals surface area contributed by atoms with Crippen molar-refractivity contribution in [3.8, 4) is 0 Å². The van der Waals surface area contributed by atoms with Crippen LogP contribution < -0.4 is 5.32 Å². The van der Waals surface area contributed by atoms with E-state index in [9.17, 15) is 0 Å². The molecule has 0 saturated carbocycles. The molecule has 0 atom stereocenters. The zero-order chi connectivity index (χ0) is 13.0. The van der Waals surface area contributed by atoms with E-state index in [-0.39, 0.29) is 0 Å². The highest BCUT2D eigenvalue weighted by Gasteiger charge is 2.10. The topological polar surface area (TPSA) is 29.9 Å². The fourth-order valence-corrected chi connectivity index (χ4v) is 2.83. The lowest BCUT2D eigenvalue weighted by molar-refractivity contribution is 0.593. The van der Waals surface area contributed by atoms with E-state index in [1.54, 1.807) is 11.3 Å². The van der Waals surface area contributed by atoms with Crippen molar-refractivity contribution in [3.05, 3.63) is 39.3 Å². The van der Waals surface area contributed by atoms with Crippen LogP contribution in [0, 0.1) is 13.8 Å². The summed E-state index contributed by atoms with van der Waals surface area (Å²) in [5.74, 6) is 0. The maximum Gasteiger partial charge on any atom is 0.0641 e. The molecule has 0 aliphatic carbocycles. The molecule has 1 N–H and O–H groups in total. The molecule has 2 rings (SSSR count). The average Bonchev–Trinajstić information content (AvgIpc) is 2.95. The number of rotatable bonds is 6. The van der Waals surface area contributed by atoms with Gasteiger partial charge >= 0.3 is 0 Å². The van der Waals surface area contributed by atoms with Crippen LogP contribution in [-0.2, 0) is 19.5 Å². The Morgan fingerprint density at radius 2 is 2.22 bits per heavy atom. The minimum absolute atomic E-state index is 0.923. The van der Waals surface area contributed by atoms with Crippen molar-refractivity contribution in [2.45, 2.75) is 40.3 Å². The minimum atomic E-state index is 0.923. The number of hydrogen-bond acceptors (Lipinski definition) is 3. The first-order valence-corrected chi connectivity index (χ1v) is 7.41. The second-order valence-electron chi connectivity index (χ2n) is 4.53. The summed E-state index contributed by atoms with van der Waals surface area (Å²) in [6, 6.07) is 2.19. The molecule has 4 heteroatoms. The lowest BCUT2D eigenvalue weighted by Crippen LogP contribution is -2.13. The molecular weight excluding hydrogens is 242 g/mol. The quantitative estimate of drug-likeness (QED) is 0.868. The third kappa shape index (κ3) is 3.00. The standard InChI is InChI=1S/C14H21N3S/c1-4-15-9-14-11(2)16-17(12(14)3)7-5-13-6-8-18-10-13/h6,8,10,15H,4-5,7,9H2,1-3H3. The van der Waals surface area contributed by atoms with E-state index in [1.165, 1.54) is 16.8 Å². The molecule has 0 aliphatic rings. The van der Waals surface area contributed by atoms with Crippen LogP contribution in [0.1, 0.15) is 29.4 Å². The van der Waals surface area contributed by atoms with Gasteiger partial charge in [-0.15, -0.1) is 0 Å². The molecule has 0 fully saturated rings. The Morgan fingerprint density at radius 3 is 2.89 bits per heavy atom. The van der Waals surface area contributed by atoms with Crippen molar-refractivity contribution in [2.24, 2.45) is 0 Å². The lowest BCUT2D eigenvalue weighted by Gasteiger charge is -2.05. The largest absolute Gasteiger partial charge is 0.313 e. The molecule has 2 heterocycles. The summed E-state index contributed by atoms with van der Waals surface area (Å²) in [5, 5.41) is 12.4. The number of aryl methyl sites for hydroxylation is 3. The second kappa shape index (κ2) is 6.16. The third-order valence-corrected chi connectivity index (χ3v) is 4.01. The second-order valence-corrected chi connectivity index (χ2v) is 5.31. The average molecular weight is 263 g/mol. The summed E-state index contributed by atoms with van der Waals surface area (Å²) in [5.41, 5.74) is 5.20. The number of nitrogens with zero attached hydrogens (tertiary/aromatic N) is 2. The lowest BCUT2D eigenvalue weighted by atomic mass is 10.2. The highest BCUT2D eigenvalue weighted by Crippen LogP contribution is 2.14. The smallest absolute Gasteiger partial charge is 0.0641 e. The molecule has 3 nitrogen and oxygen atoms in total. The van der Waals surface area contributed by atoms with E-state index in [0.717, 1.165) is 31.7 Å². The highest BCUT2D eigenvalue weighted by atomic mass is 32.1. The monoisotopic (exact) mass is 263 g/mol. The van der Waals surface area contributed by atoms with Crippen molar-refractivity contribution >= 4 is 11.3 Å². The molecule has 2 aromatic rings. The highest BCUT2D eigenvalue weighted by molar-refractivity contribution is 7.07. The van der Waals surface area contributed by atoms with Crippen molar-refractivity contribution in [1.29, 1.82) is 0 Å². The van der Waals surface area contributed by atoms with Gasteiger partial charge in [0.1, 0.15) is 0 Å². The number of nitrogens with one attached hydrogen (secondary N) is 1. The molecule has 98 valence electrons. The van der Waals surface area contributed by atoms with E-state index in [1.807, 2.05) is 0 Å². The van der Waals surface area contributed by atoms with Crippen LogP contribution in [0.15, 0.2) is 16.8 Å². The maximum atomic E-state index is 4.64. The van der Waals surface area contributed by atoms with Crippen LogP contribution in [0.25, 0.3) is 0 Å². The van der Waals surface area contributed by atoms with Crippen molar-refractivity contribution in [1.82, 2.24) is 15.1 Å². The Balaban J connectivity index is 2.04. The first-order chi connectivity index (χ1) is 8.72. The molecule has 0 bridgehead atoms. The molecule has 0 amide bonds. The molecular formula is C14H21N3S. The molecule has 18 heavy (non-hydrogen) atoms. The Morgan fingerprint density at radius 1 is 1.39 bits per heavy atom. The Labute approximate surface area is 113 Å². The zero-order valence-corrected chi connectivity index (χ0v) is 12.2. The van der Waals surface area contributed by atoms with Crippen LogP contribution in [-0.4, -0.2) is 16.3 Å². The van der Waals surface area contributed by atoms with Crippen LogP contribution in [0.2, 0.25) is 0 Å². The molecule has 0 radical (unpaired) electrons. The van der Waals surface area contributed by atoms with E-state index < -0.39 is 0 Å². The van der Waals surface area contributed by atoms with Gasteiger partial charge in [-0.3, -0.25) is 4.68 Å². The Bertz CT molecular complexity index is 485. The summed E-state index contributed by atoms with van der Waals surface area (Å²) < 4.78 is 2.14. The van der Waals surface area contributed by atoms with Crippen molar-refractivity contribution in [3.63, 3.8) is 0 Å². The van der Waals surface area contributed by atoms with Gasteiger partial charge in [0.05, 0.1) is 5.69 Å². The molecule has 0 aliphatic heterocycles. The SMILES string of the molecule is CCNCc1c(C)nn(CCc2ccsc2)c1C. The van der Waals surface area contributed by atoms with Crippen LogP contribution in [0.4, 0.5) is 0 Å². The Kier molecular flexibility index (Phi) is 4.55. The minimum Gasteiger partial charge on any atom is -0.313 e. The van der Waals surface area contributed by atoms with E-state index in [2.05, 4.69) is 52.7 Å². The van der Waals surface area contributed by atoms with E-state index in [0.29, 0.717) is 0 Å². The number of aromatic nitrogens is 2. The normalized spacial score (nSPS) is 11.1. The summed E-state index contributed by atoms with van der Waals surface area (Å²) in [6.07, 6.45) is 1.06. The van der Waals surface area contributed by atoms with Gasteiger partial charge < -0.3 is 5.32 Å². The fourth-order valence-electron chi connectivity index (χ4n) is 2.13. The predicted molar refractivity (Wildman–Crippen MR) is 77.1 cm³/mol. The number of thiophene rings is 1. The molecule has 0 saturated heterocycles. The summed E-state index contributed by atoms with van der Waals surface area (Å²) in [6.45, 7) is 9.29. The summed E-state index contributed by atoms with van der Waals surface area (Å²) in [7, 11) is 0. The maximum absolute atomic E-state index is 4.64. The molecule has 0 unspecified atom stereocenters. The van der Waals surface area contributed by atoms with Crippen molar-refractivity contribution in [2.75, 3.05) is 6.54 Å². The molecule has 0 aromatic carbocycles. The van der Waals surface area contributed by atoms with Crippen LogP contribution in [0.5, 0.6) is 0 Å². The summed E-state index contributed by atoms with van der Waals surface area (Å²) in [4.78, 5) is 0. The van der Waals surface area contributed by atoms with Gasteiger partial charge in [0.25, 0.3) is 0 Å². The van der Waals surface area contributed by atoms with Gasteiger partial charge in [-0.05, 0) is 49.2 Å². The van der Waals surface area contributed by atoms with Crippen LogP contribution >= 0.6 is 11.3 Å². The molecule has 2 aromatic heterocycles. The van der Waals surface area contributed by atoms with Crippen molar-refractivity contribution < 1.29 is 0 Å². The van der Waals surface area contributed by atoms with Gasteiger partial charge in [0, 0.05) is 24.3 Å². The van der Waals surface area contributed by atoms with Gasteiger partial charge in [-0.2, -0.15) is 16.4 Å². The van der Waals surface area contributed by atoms with Gasteiger partial charge in [0.2, 0.25) is 0 Å². The van der Waals surface area contributed by atoms with Gasteiger partial charge in [-0.1, -0.05) is 6.92 Å². The van der Waals surface area contributed by atoms with Crippen LogP contribution in [0.3, 0.4) is 0 Å². The summed E-state index contributed by atoms with van der Waals surface area (Å²) >= 11 is 1.76. The van der Waals surface area contributed by atoms with Gasteiger partial charge in [0.15, 0.2) is 0 Å². The third-order valence-electron chi connectivity index (χ3n) is 3.28. The predicted octanol–water partition coefficient (Wildman–Crippen LogP) is 2.91. The first kappa shape index (κ1) is 13.3. The Hall–Kier alpha value is -1.13. The fraction of sp³-hybridized carbons (Fsp3) is 0.500. The first-order valence-electron chi connectivity index (χ1n) is 6.47. The zero-order valence-electron chi connectivity index (χ0n) is 11.4. The molecule has 0 spiro atoms. The van der Waals surface area contributed by atoms with Gasteiger partial charge in [-0.25, -0.2) is 0 Å². The number of hydrogen-bond donors (Lipinski definition) is 1. The van der Waals surface area contributed by atoms with E-state index >= 15 is 0 Å².